The Bertz CT molecular complexity index is 351. The number of ketones is 1. The second kappa shape index (κ2) is 13.3. The molecule has 0 aromatic heterocycles. The van der Waals surface area contributed by atoms with Gasteiger partial charge in [-0.25, -0.2) is 0 Å². The molecule has 0 radical (unpaired) electrons. The first kappa shape index (κ1) is 25.2. The summed E-state index contributed by atoms with van der Waals surface area (Å²) in [6.07, 6.45) is -12.1. The molecule has 0 bridgehead atoms. The van der Waals surface area contributed by atoms with Crippen LogP contribution < -0.4 is 0 Å². The van der Waals surface area contributed by atoms with Gasteiger partial charge in [0, 0.05) is 0 Å². The van der Waals surface area contributed by atoms with E-state index in [0.717, 1.165) is 0 Å². The van der Waals surface area contributed by atoms with Crippen molar-refractivity contribution in [3.63, 3.8) is 0 Å². The van der Waals surface area contributed by atoms with E-state index in [2.05, 4.69) is 0 Å². The molecule has 7 atom stereocenters. The Labute approximate surface area is 136 Å². The molecule has 0 rings (SSSR count). The minimum Gasteiger partial charge on any atom is -0.394 e. The zero-order chi connectivity index (χ0) is 19.4. The van der Waals surface area contributed by atoms with Crippen LogP contribution in [-0.2, 0) is 9.59 Å². The zero-order valence-electron chi connectivity index (χ0n) is 12.5. The molecule has 0 aromatic rings. The number of aliphatic hydroxyl groups excluding tert-OH is 10. The maximum atomic E-state index is 10.5. The predicted octanol–water partition coefficient (Wildman–Crippen LogP) is -6.76. The van der Waals surface area contributed by atoms with Gasteiger partial charge in [0.2, 0.25) is 0 Å². The van der Waals surface area contributed by atoms with E-state index in [1.807, 2.05) is 0 Å². The van der Waals surface area contributed by atoms with Crippen LogP contribution in [0.1, 0.15) is 0 Å². The molecule has 0 aliphatic rings. The van der Waals surface area contributed by atoms with Gasteiger partial charge < -0.3 is 55.9 Å². The molecule has 0 amide bonds. The smallest absolute Gasteiger partial charge is 0.189 e. The fourth-order valence-corrected chi connectivity index (χ4v) is 1.22. The third-order valence-corrected chi connectivity index (χ3v) is 2.81. The molecular weight excluding hydrogens is 336 g/mol. The number of carbonyl (C=O) groups excluding carboxylic acids is 2. The molecule has 144 valence electrons. The van der Waals surface area contributed by atoms with E-state index in [4.69, 9.17) is 51.1 Å². The normalized spacial score (nSPS) is 19.8. The van der Waals surface area contributed by atoms with Gasteiger partial charge in [0.25, 0.3) is 0 Å². The van der Waals surface area contributed by atoms with Gasteiger partial charge in [-0.05, 0) is 0 Å². The summed E-state index contributed by atoms with van der Waals surface area (Å²) in [4.78, 5) is 20.4. The van der Waals surface area contributed by atoms with Crippen LogP contribution in [0.15, 0.2) is 0 Å². The zero-order valence-corrected chi connectivity index (χ0v) is 12.5. The summed E-state index contributed by atoms with van der Waals surface area (Å²) in [7, 11) is 0. The number of rotatable bonds is 10. The molecule has 0 spiro atoms. The highest BCUT2D eigenvalue weighted by Gasteiger charge is 2.30. The molecule has 0 unspecified atom stereocenters. The number of carbonyl (C=O) groups is 2. The standard InChI is InChI=1S/2C6H12O6/c2*7-1-3(9)5(11)6(12)4(10)2-8/h3,5-9,11-12H,1-2H2;1,3-6,8-12H,2H2/t3-,5+,6-;3-,4+,5+,6-/m10/s1. The number of Topliss-reactive ketones (excluding diaryl/α,β-unsaturated/α-hetero) is 1. The van der Waals surface area contributed by atoms with E-state index < -0.39 is 68.3 Å². The van der Waals surface area contributed by atoms with Crippen molar-refractivity contribution in [3.05, 3.63) is 0 Å². The molecular formula is C12H24O12. The summed E-state index contributed by atoms with van der Waals surface area (Å²) in [5, 5.41) is 86.6. The van der Waals surface area contributed by atoms with E-state index in [1.54, 1.807) is 0 Å². The SMILES string of the molecule is O=C(CO)[C@@H](O)[C@@H](O)[C@H](O)CO.O=C[C@H](O)[C@@H](O)[C@@H](O)[C@H](O)CO. The Balaban J connectivity index is 0. The van der Waals surface area contributed by atoms with E-state index in [-0.39, 0.29) is 6.29 Å². The average Bonchev–Trinajstić information content (AvgIpc) is 2.62. The van der Waals surface area contributed by atoms with E-state index in [9.17, 15) is 9.59 Å². The van der Waals surface area contributed by atoms with Crippen molar-refractivity contribution in [1.29, 1.82) is 0 Å². The summed E-state index contributed by atoms with van der Waals surface area (Å²) >= 11 is 0. The van der Waals surface area contributed by atoms with Crippen molar-refractivity contribution < 1.29 is 60.7 Å². The molecule has 0 saturated heterocycles. The molecule has 0 fully saturated rings. The van der Waals surface area contributed by atoms with Gasteiger partial charge in [-0.2, -0.15) is 0 Å². The van der Waals surface area contributed by atoms with Gasteiger partial charge >= 0.3 is 0 Å². The number of hydrogen-bond acceptors (Lipinski definition) is 12. The van der Waals surface area contributed by atoms with Crippen molar-refractivity contribution in [1.82, 2.24) is 0 Å². The Hall–Kier alpha value is -1.06. The molecule has 0 aromatic carbocycles. The van der Waals surface area contributed by atoms with Crippen molar-refractivity contribution in [2.24, 2.45) is 0 Å². The van der Waals surface area contributed by atoms with E-state index >= 15 is 0 Å². The van der Waals surface area contributed by atoms with Crippen LogP contribution in [0.5, 0.6) is 0 Å². The van der Waals surface area contributed by atoms with E-state index in [0.29, 0.717) is 0 Å². The summed E-state index contributed by atoms with van der Waals surface area (Å²) < 4.78 is 0. The van der Waals surface area contributed by atoms with Crippen molar-refractivity contribution in [3.8, 4) is 0 Å². The Morgan fingerprint density at radius 3 is 1.50 bits per heavy atom. The van der Waals surface area contributed by atoms with Crippen LogP contribution in [0.2, 0.25) is 0 Å². The first-order valence-corrected chi connectivity index (χ1v) is 6.65. The van der Waals surface area contributed by atoms with Gasteiger partial charge in [0.15, 0.2) is 12.1 Å². The maximum Gasteiger partial charge on any atom is 0.189 e. The summed E-state index contributed by atoms with van der Waals surface area (Å²) in [5.74, 6) is -1.00. The fourth-order valence-electron chi connectivity index (χ4n) is 1.22. The lowest BCUT2D eigenvalue weighted by Gasteiger charge is -2.22. The quantitative estimate of drug-likeness (QED) is 0.164. The van der Waals surface area contributed by atoms with Crippen molar-refractivity contribution in [2.75, 3.05) is 19.8 Å². The second-order valence-corrected chi connectivity index (χ2v) is 4.67. The monoisotopic (exact) mass is 360 g/mol. The molecule has 0 heterocycles. The lowest BCUT2D eigenvalue weighted by molar-refractivity contribution is -0.142. The van der Waals surface area contributed by atoms with Crippen LogP contribution in [0.4, 0.5) is 0 Å². The maximum absolute atomic E-state index is 10.5. The van der Waals surface area contributed by atoms with Gasteiger partial charge in [0.1, 0.15) is 49.3 Å². The largest absolute Gasteiger partial charge is 0.394 e. The molecule has 10 N–H and O–H groups in total. The minimum absolute atomic E-state index is 0.0258. The Morgan fingerprint density at radius 1 is 0.750 bits per heavy atom. The number of aldehydes is 1. The third-order valence-electron chi connectivity index (χ3n) is 2.81. The Kier molecular flexibility index (Phi) is 13.9. The van der Waals surface area contributed by atoms with Crippen molar-refractivity contribution in [2.45, 2.75) is 42.7 Å². The first-order valence-electron chi connectivity index (χ1n) is 6.65. The summed E-state index contributed by atoms with van der Waals surface area (Å²) in [5.41, 5.74) is 0. The third kappa shape index (κ3) is 8.70. The topological polar surface area (TPSA) is 236 Å². The molecule has 0 aliphatic carbocycles. The van der Waals surface area contributed by atoms with Crippen LogP contribution in [0, 0.1) is 0 Å². The predicted molar refractivity (Wildman–Crippen MR) is 74.4 cm³/mol. The minimum atomic E-state index is -1.86. The van der Waals surface area contributed by atoms with Gasteiger partial charge in [0.05, 0.1) is 13.2 Å². The molecule has 12 nitrogen and oxygen atoms in total. The number of aliphatic hydroxyl groups is 10. The van der Waals surface area contributed by atoms with Crippen LogP contribution in [-0.4, -0.2) is 126 Å². The second-order valence-electron chi connectivity index (χ2n) is 4.67. The highest BCUT2D eigenvalue weighted by Crippen LogP contribution is 2.03. The highest BCUT2D eigenvalue weighted by molar-refractivity contribution is 5.84. The summed E-state index contributed by atoms with van der Waals surface area (Å²) in [6.45, 7) is -2.45. The lowest BCUT2D eigenvalue weighted by Crippen LogP contribution is -2.46. The molecule has 0 saturated carbocycles. The Morgan fingerprint density at radius 2 is 1.17 bits per heavy atom. The lowest BCUT2D eigenvalue weighted by atomic mass is 10.0. The first-order chi connectivity index (χ1) is 11.1. The van der Waals surface area contributed by atoms with E-state index in [1.165, 1.54) is 0 Å². The molecule has 12 heteroatoms. The van der Waals surface area contributed by atoms with Crippen LogP contribution in [0.25, 0.3) is 0 Å². The molecule has 24 heavy (non-hydrogen) atoms. The molecule has 0 aliphatic heterocycles. The van der Waals surface area contributed by atoms with Gasteiger partial charge in [-0.3, -0.25) is 4.79 Å². The number of hydrogen-bond donors (Lipinski definition) is 10. The fraction of sp³-hybridized carbons (Fsp3) is 0.833. The van der Waals surface area contributed by atoms with Crippen molar-refractivity contribution >= 4 is 12.1 Å². The van der Waals surface area contributed by atoms with Gasteiger partial charge in [-0.15, -0.1) is 0 Å². The van der Waals surface area contributed by atoms with Gasteiger partial charge in [-0.1, -0.05) is 0 Å². The van der Waals surface area contributed by atoms with Crippen LogP contribution >= 0.6 is 0 Å². The average molecular weight is 360 g/mol. The highest BCUT2D eigenvalue weighted by atomic mass is 16.4. The summed E-state index contributed by atoms with van der Waals surface area (Å²) in [6, 6.07) is 0. The van der Waals surface area contributed by atoms with Crippen LogP contribution in [0.3, 0.4) is 0 Å².